The predicted molar refractivity (Wildman–Crippen MR) is 233 cm³/mol. The van der Waals surface area contributed by atoms with Crippen molar-refractivity contribution in [2.24, 2.45) is 0 Å². The van der Waals surface area contributed by atoms with Crippen LogP contribution in [0, 0.1) is 0 Å². The molecule has 2 heterocycles. The zero-order chi connectivity index (χ0) is 47.3. The average molecular weight is 918 g/mol. The molecule has 348 valence electrons. The number of carbonyl (C=O) groups excluding carboxylic acids is 6. The molecule has 0 radical (unpaired) electrons. The van der Waals surface area contributed by atoms with E-state index in [1.54, 1.807) is 97.1 Å². The number of nitrogens with one attached hydrogen (secondary N) is 1. The molecule has 0 spiro atoms. The molecule has 5 aromatic rings. The Morgan fingerprint density at radius 1 is 0.552 bits per heavy atom. The molecule has 0 aromatic heterocycles. The summed E-state index contributed by atoms with van der Waals surface area (Å²) < 4.78 is 54.1. The molecule has 1 unspecified atom stereocenters. The van der Waals surface area contributed by atoms with Crippen molar-refractivity contribution in [2.75, 3.05) is 13.7 Å². The summed E-state index contributed by atoms with van der Waals surface area (Å²) in [6.45, 7) is 0.559. The second-order valence-corrected chi connectivity index (χ2v) is 15.3. The summed E-state index contributed by atoms with van der Waals surface area (Å²) in [6, 6.07) is 38.7. The molecule has 2 N–H and O–H groups in total. The number of hydrogen-bond donors (Lipinski definition) is 2. The van der Waals surface area contributed by atoms with Gasteiger partial charge in [0.25, 0.3) is 0 Å². The van der Waals surface area contributed by atoms with Gasteiger partial charge in [0.1, 0.15) is 31.0 Å². The van der Waals surface area contributed by atoms with Gasteiger partial charge in [-0.1, -0.05) is 103 Å². The van der Waals surface area contributed by atoms with E-state index in [2.05, 4.69) is 5.32 Å². The fourth-order valence-corrected chi connectivity index (χ4v) is 7.38. The Morgan fingerprint density at radius 3 is 1.48 bits per heavy atom. The highest BCUT2D eigenvalue weighted by atomic mass is 16.8. The smallest absolute Gasteiger partial charge is 0.339 e. The van der Waals surface area contributed by atoms with Crippen LogP contribution < -0.4 is 5.32 Å². The number of methoxy groups -OCH3 is 1. The van der Waals surface area contributed by atoms with Crippen molar-refractivity contribution in [3.63, 3.8) is 0 Å². The van der Waals surface area contributed by atoms with E-state index in [0.717, 1.165) is 7.11 Å². The molecule has 10 atom stereocenters. The van der Waals surface area contributed by atoms with Crippen LogP contribution in [0.25, 0.3) is 0 Å². The van der Waals surface area contributed by atoms with Crippen molar-refractivity contribution in [3.05, 3.63) is 179 Å². The second kappa shape index (κ2) is 22.8. The Balaban J connectivity index is 1.31. The topological polar surface area (TPSA) is 218 Å². The number of carbonyl (C=O) groups is 6. The molecule has 2 aliphatic rings. The molecule has 67 heavy (non-hydrogen) atoms. The lowest BCUT2D eigenvalue weighted by Gasteiger charge is -2.48. The van der Waals surface area contributed by atoms with Crippen LogP contribution in [0.1, 0.15) is 53.9 Å². The third kappa shape index (κ3) is 12.1. The zero-order valence-electron chi connectivity index (χ0n) is 36.2. The van der Waals surface area contributed by atoms with E-state index >= 15 is 0 Å². The van der Waals surface area contributed by atoms with Crippen LogP contribution in [0.3, 0.4) is 0 Å². The monoisotopic (exact) mass is 917 g/mol. The van der Waals surface area contributed by atoms with Crippen molar-refractivity contribution in [3.8, 4) is 0 Å². The summed E-state index contributed by atoms with van der Waals surface area (Å²) in [5, 5.41) is 14.9. The van der Waals surface area contributed by atoms with E-state index in [4.69, 9.17) is 42.6 Å². The second-order valence-electron chi connectivity index (χ2n) is 15.3. The minimum Gasteiger partial charge on any atom is -0.467 e. The first-order chi connectivity index (χ1) is 32.5. The van der Waals surface area contributed by atoms with E-state index < -0.39 is 104 Å². The lowest BCUT2D eigenvalue weighted by molar-refractivity contribution is -0.339. The molecule has 2 aliphatic heterocycles. The van der Waals surface area contributed by atoms with Gasteiger partial charge in [-0.3, -0.25) is 4.79 Å². The van der Waals surface area contributed by atoms with Gasteiger partial charge < -0.3 is 53.1 Å². The minimum atomic E-state index is -2.01. The summed E-state index contributed by atoms with van der Waals surface area (Å²) in [4.78, 5) is 81.8. The van der Waals surface area contributed by atoms with E-state index in [0.29, 0.717) is 5.56 Å². The quantitative estimate of drug-likeness (QED) is 0.102. The van der Waals surface area contributed by atoms with Gasteiger partial charge in [-0.25, -0.2) is 24.0 Å². The zero-order valence-corrected chi connectivity index (χ0v) is 36.2. The van der Waals surface area contributed by atoms with Crippen LogP contribution >= 0.6 is 0 Å². The molecule has 5 aromatic carbocycles. The van der Waals surface area contributed by atoms with Crippen LogP contribution in [0.15, 0.2) is 152 Å². The van der Waals surface area contributed by atoms with Crippen LogP contribution in [-0.4, -0.2) is 116 Å². The van der Waals surface area contributed by atoms with Gasteiger partial charge in [-0.15, -0.1) is 0 Å². The normalized spacial score (nSPS) is 24.5. The Bertz CT molecular complexity index is 2440. The largest absolute Gasteiger partial charge is 0.467 e. The molecule has 2 saturated heterocycles. The molecular weight excluding hydrogens is 871 g/mol. The standard InChI is InChI=1S/C50H47NO16/c1-30(52)51-37-39(38(53)36(29-60-44(54)32-20-10-4-11-21-32)62-49(37)61-28-31-18-8-3-9-19-31)66-50-43(65-47(57)35-26-16-7-17-27-35)41(64-46(56)34-24-14-6-15-25-34)40(42(67-50)48(58)59-2)63-45(55)33-22-12-5-13-23-33/h3-27,36-43,49-50,53H,28-29H2,1-2H3,(H,51,52)/t36-,37-,38+,39-,40+,41+,42+,43-,49?,50-/m1/s1. The number of rotatable bonds is 16. The Kier molecular flexibility index (Phi) is 16.2. The van der Waals surface area contributed by atoms with Gasteiger partial charge in [0, 0.05) is 6.92 Å². The number of hydrogen-bond acceptors (Lipinski definition) is 16. The molecule has 0 aliphatic carbocycles. The average Bonchev–Trinajstić information content (AvgIpc) is 3.36. The lowest BCUT2D eigenvalue weighted by Crippen LogP contribution is -2.69. The van der Waals surface area contributed by atoms with Crippen molar-refractivity contribution in [1.82, 2.24) is 5.32 Å². The van der Waals surface area contributed by atoms with Crippen LogP contribution in [0.2, 0.25) is 0 Å². The highest BCUT2D eigenvalue weighted by molar-refractivity contribution is 5.92. The predicted octanol–water partition coefficient (Wildman–Crippen LogP) is 4.61. The van der Waals surface area contributed by atoms with E-state index in [1.807, 2.05) is 6.07 Å². The number of aliphatic hydroxyl groups is 1. The minimum absolute atomic E-state index is 0.0270. The van der Waals surface area contributed by atoms with Crippen molar-refractivity contribution in [1.29, 1.82) is 0 Å². The summed E-state index contributed by atoms with van der Waals surface area (Å²) in [5.74, 6) is -5.46. The summed E-state index contributed by atoms with van der Waals surface area (Å²) in [6.07, 6.45) is -16.0. The van der Waals surface area contributed by atoms with Gasteiger partial charge in [-0.05, 0) is 54.1 Å². The summed E-state index contributed by atoms with van der Waals surface area (Å²) in [5.41, 5.74) is 1.00. The lowest BCUT2D eigenvalue weighted by atomic mass is 9.94. The number of ether oxygens (including phenoxy) is 9. The third-order valence-electron chi connectivity index (χ3n) is 10.7. The van der Waals surface area contributed by atoms with Gasteiger partial charge in [0.05, 0.1) is 36.0 Å². The molecule has 0 bridgehead atoms. The van der Waals surface area contributed by atoms with Gasteiger partial charge in [-0.2, -0.15) is 0 Å². The molecule has 17 heteroatoms. The Morgan fingerprint density at radius 2 is 1.00 bits per heavy atom. The van der Waals surface area contributed by atoms with Crippen LogP contribution in [0.5, 0.6) is 0 Å². The van der Waals surface area contributed by atoms with E-state index in [-0.39, 0.29) is 28.9 Å². The number of esters is 5. The van der Waals surface area contributed by atoms with Crippen molar-refractivity contribution < 1.29 is 76.5 Å². The highest BCUT2D eigenvalue weighted by Gasteiger charge is 2.58. The molecular formula is C50H47NO16. The molecule has 0 saturated carbocycles. The van der Waals surface area contributed by atoms with Gasteiger partial charge in [0.15, 0.2) is 37.0 Å². The van der Waals surface area contributed by atoms with Crippen LogP contribution in [-0.2, 0) is 58.8 Å². The fraction of sp³-hybridized carbons (Fsp3) is 0.280. The number of benzene rings is 5. The Hall–Kier alpha value is -7.28. The summed E-state index contributed by atoms with van der Waals surface area (Å²) in [7, 11) is 1.04. The van der Waals surface area contributed by atoms with Crippen molar-refractivity contribution >= 4 is 35.8 Å². The van der Waals surface area contributed by atoms with E-state index in [9.17, 15) is 33.9 Å². The van der Waals surface area contributed by atoms with Crippen molar-refractivity contribution in [2.45, 2.75) is 74.9 Å². The van der Waals surface area contributed by atoms with Gasteiger partial charge in [0.2, 0.25) is 5.91 Å². The number of amides is 1. The third-order valence-corrected chi connectivity index (χ3v) is 10.7. The molecule has 2 fully saturated rings. The number of aliphatic hydroxyl groups excluding tert-OH is 1. The summed E-state index contributed by atoms with van der Waals surface area (Å²) >= 11 is 0. The maximum absolute atomic E-state index is 14.1. The maximum atomic E-state index is 14.1. The molecule has 1 amide bonds. The SMILES string of the molecule is COC(=O)[C@H]1O[C@@H](O[C@H]2[C@@H](O)[C@@H](COC(=O)c3ccccc3)OC(OCc3ccccc3)[C@@H]2NC(C)=O)[C@H](OC(=O)c2ccccc2)[C@@H](OC(=O)c2ccccc2)[C@@H]1OC(=O)c1ccccc1. The van der Waals surface area contributed by atoms with Gasteiger partial charge >= 0.3 is 29.8 Å². The first-order valence-corrected chi connectivity index (χ1v) is 21.2. The fourth-order valence-electron chi connectivity index (χ4n) is 7.38. The highest BCUT2D eigenvalue weighted by Crippen LogP contribution is 2.35. The maximum Gasteiger partial charge on any atom is 0.339 e. The van der Waals surface area contributed by atoms with E-state index in [1.165, 1.54) is 55.5 Å². The Labute approximate surface area is 384 Å². The first kappa shape index (κ1) is 47.7. The van der Waals surface area contributed by atoms with Crippen LogP contribution in [0.4, 0.5) is 0 Å². The first-order valence-electron chi connectivity index (χ1n) is 21.2. The molecule has 7 rings (SSSR count). The molecule has 17 nitrogen and oxygen atoms in total.